The maximum atomic E-state index is 12.8. The number of benzene rings is 1. The highest BCUT2D eigenvalue weighted by Gasteiger charge is 2.49. The minimum atomic E-state index is -5.75. The summed E-state index contributed by atoms with van der Waals surface area (Å²) in [6, 6.07) is 7.39. The summed E-state index contributed by atoms with van der Waals surface area (Å²) >= 11 is 0. The number of pyridine rings is 1. The van der Waals surface area contributed by atoms with Gasteiger partial charge in [-0.3, -0.25) is 4.79 Å². The zero-order valence-corrected chi connectivity index (χ0v) is 17.1. The van der Waals surface area contributed by atoms with Crippen LogP contribution in [0.15, 0.2) is 41.6 Å². The number of alkyl halides is 3. The van der Waals surface area contributed by atoms with E-state index in [4.69, 9.17) is 9.47 Å². The average Bonchev–Trinajstić information content (AvgIpc) is 2.69. The van der Waals surface area contributed by atoms with Gasteiger partial charge >= 0.3 is 5.51 Å². The summed E-state index contributed by atoms with van der Waals surface area (Å²) in [6.07, 6.45) is 1.21. The van der Waals surface area contributed by atoms with E-state index in [0.717, 1.165) is 17.8 Å². The smallest absolute Gasteiger partial charge is 0.490 e. The molecule has 0 atom stereocenters. The van der Waals surface area contributed by atoms with Crippen molar-refractivity contribution in [1.82, 2.24) is 10.3 Å². The zero-order chi connectivity index (χ0) is 22.4. The molecule has 1 heterocycles. The van der Waals surface area contributed by atoms with Crippen LogP contribution in [0.5, 0.6) is 11.5 Å². The lowest BCUT2D eigenvalue weighted by atomic mass is 10.1. The Labute approximate surface area is 172 Å². The van der Waals surface area contributed by atoms with Gasteiger partial charge < -0.3 is 14.8 Å². The molecule has 0 saturated carbocycles. The summed E-state index contributed by atoms with van der Waals surface area (Å²) in [5, 5.41) is 1.10. The van der Waals surface area contributed by atoms with Gasteiger partial charge in [-0.2, -0.15) is 13.2 Å². The number of ether oxygens (including phenoxy) is 2. The van der Waals surface area contributed by atoms with Gasteiger partial charge in [0.25, 0.3) is 15.7 Å². The number of carbonyl (C=O) groups excluding carboxylic acids is 1. The summed E-state index contributed by atoms with van der Waals surface area (Å²) in [6.45, 7) is 4.61. The van der Waals surface area contributed by atoms with Gasteiger partial charge in [0, 0.05) is 12.7 Å². The Hall–Kier alpha value is -2.82. The first kappa shape index (κ1) is 23.5. The summed E-state index contributed by atoms with van der Waals surface area (Å²) in [5.41, 5.74) is -5.44. The van der Waals surface area contributed by atoms with E-state index < -0.39 is 31.8 Å². The van der Waals surface area contributed by atoms with E-state index in [-0.39, 0.29) is 6.54 Å². The summed E-state index contributed by atoms with van der Waals surface area (Å²) in [7, 11) is -5.75. The Morgan fingerprint density at radius 1 is 1.10 bits per heavy atom. The van der Waals surface area contributed by atoms with Gasteiger partial charge in [-0.15, -0.1) is 0 Å². The van der Waals surface area contributed by atoms with Crippen molar-refractivity contribution in [1.29, 1.82) is 0 Å². The number of nitrogens with one attached hydrogen (secondary N) is 1. The van der Waals surface area contributed by atoms with Gasteiger partial charge in [0.2, 0.25) is 0 Å². The van der Waals surface area contributed by atoms with Gasteiger partial charge in [0.1, 0.15) is 0 Å². The van der Waals surface area contributed by atoms with E-state index in [9.17, 15) is 26.4 Å². The third-order valence-corrected chi connectivity index (χ3v) is 5.33. The lowest BCUT2D eigenvalue weighted by Gasteiger charge is -2.13. The molecule has 0 aliphatic heterocycles. The van der Waals surface area contributed by atoms with Crippen LogP contribution in [0.4, 0.5) is 13.2 Å². The highest BCUT2D eigenvalue weighted by atomic mass is 32.2. The third-order valence-electron chi connectivity index (χ3n) is 3.88. The number of nitrogens with zero attached hydrogens (tertiary/aromatic N) is 1. The van der Waals surface area contributed by atoms with Crippen LogP contribution < -0.4 is 14.8 Å². The van der Waals surface area contributed by atoms with Crippen molar-refractivity contribution in [3.05, 3.63) is 47.7 Å². The van der Waals surface area contributed by atoms with E-state index >= 15 is 0 Å². The van der Waals surface area contributed by atoms with Crippen LogP contribution in [-0.4, -0.2) is 44.6 Å². The zero-order valence-electron chi connectivity index (χ0n) is 16.3. The molecule has 30 heavy (non-hydrogen) atoms. The molecule has 0 bridgehead atoms. The van der Waals surface area contributed by atoms with E-state index in [1.54, 1.807) is 18.2 Å². The van der Waals surface area contributed by atoms with Crippen molar-refractivity contribution < 1.29 is 35.9 Å². The topological polar surface area (TPSA) is 94.6 Å². The maximum absolute atomic E-state index is 12.8. The largest absolute Gasteiger partial charge is 0.503 e. The second-order valence-corrected chi connectivity index (χ2v) is 7.81. The average molecular weight is 446 g/mol. The first-order valence-corrected chi connectivity index (χ1v) is 10.5. The van der Waals surface area contributed by atoms with Gasteiger partial charge in [-0.1, -0.05) is 6.07 Å². The Kier molecular flexibility index (Phi) is 7.65. The monoisotopic (exact) mass is 446 g/mol. The van der Waals surface area contributed by atoms with Crippen molar-refractivity contribution in [3.63, 3.8) is 0 Å². The number of hydrogen-bond donors (Lipinski definition) is 1. The third kappa shape index (κ3) is 5.41. The number of sulfone groups is 1. The van der Waals surface area contributed by atoms with Crippen molar-refractivity contribution in [3.8, 4) is 11.5 Å². The summed E-state index contributed by atoms with van der Waals surface area (Å²) < 4.78 is 72.8. The van der Waals surface area contributed by atoms with Gasteiger partial charge in [0.05, 0.1) is 18.8 Å². The predicted molar refractivity (Wildman–Crippen MR) is 102 cm³/mol. The molecule has 2 rings (SSSR count). The number of amides is 1. The lowest BCUT2D eigenvalue weighted by Crippen LogP contribution is -2.31. The van der Waals surface area contributed by atoms with E-state index in [1.165, 1.54) is 6.07 Å². The lowest BCUT2D eigenvalue weighted by molar-refractivity contribution is -0.0438. The van der Waals surface area contributed by atoms with Crippen molar-refractivity contribution in [2.45, 2.75) is 30.8 Å². The van der Waals surface area contributed by atoms with Crippen LogP contribution in [0.3, 0.4) is 0 Å². The molecule has 0 spiro atoms. The van der Waals surface area contributed by atoms with E-state index in [2.05, 4.69) is 10.3 Å². The Balaban J connectivity index is 2.12. The van der Waals surface area contributed by atoms with Crippen LogP contribution in [0, 0.1) is 0 Å². The Morgan fingerprint density at radius 2 is 1.77 bits per heavy atom. The number of carbonyl (C=O) groups is 1. The molecule has 11 heteroatoms. The molecule has 0 fully saturated rings. The molecule has 1 aromatic carbocycles. The standard InChI is InChI=1S/C19H21F3N2O5S/c1-3-28-15-8-7-13(12-16(15)29-4-2)9-11-23-17(25)14-6-5-10-24-18(14)30(26,27)19(20,21)22/h5-8,10,12H,3-4,9,11H2,1-2H3,(H,23,25). The molecule has 0 aliphatic rings. The molecular formula is C19H21F3N2O5S. The second-order valence-electron chi connectivity index (χ2n) is 5.96. The molecule has 0 aliphatic carbocycles. The summed E-state index contributed by atoms with van der Waals surface area (Å²) in [5.74, 6) is 0.139. The van der Waals surface area contributed by atoms with Crippen LogP contribution in [0.1, 0.15) is 29.8 Å². The number of aromatic nitrogens is 1. The number of halogens is 3. The van der Waals surface area contributed by atoms with Crippen LogP contribution in [0.25, 0.3) is 0 Å². The minimum Gasteiger partial charge on any atom is -0.490 e. The molecular weight excluding hydrogens is 425 g/mol. The molecule has 2 aromatic rings. The first-order valence-electron chi connectivity index (χ1n) is 9.04. The summed E-state index contributed by atoms with van der Waals surface area (Å²) in [4.78, 5) is 15.6. The van der Waals surface area contributed by atoms with E-state index in [0.29, 0.717) is 31.1 Å². The normalized spacial score (nSPS) is 11.8. The highest BCUT2D eigenvalue weighted by Crippen LogP contribution is 2.31. The quantitative estimate of drug-likeness (QED) is 0.636. The fourth-order valence-electron chi connectivity index (χ4n) is 2.55. The number of hydrogen-bond acceptors (Lipinski definition) is 6. The molecule has 7 nitrogen and oxygen atoms in total. The van der Waals surface area contributed by atoms with E-state index in [1.807, 2.05) is 13.8 Å². The Morgan fingerprint density at radius 3 is 2.40 bits per heavy atom. The van der Waals surface area contributed by atoms with Gasteiger partial charge in [-0.25, -0.2) is 13.4 Å². The van der Waals surface area contributed by atoms with Crippen LogP contribution in [-0.2, 0) is 16.3 Å². The fraction of sp³-hybridized carbons (Fsp3) is 0.368. The van der Waals surface area contributed by atoms with Crippen molar-refractivity contribution in [2.24, 2.45) is 0 Å². The Bertz CT molecular complexity index is 994. The predicted octanol–water partition coefficient (Wildman–Crippen LogP) is 3.15. The first-order chi connectivity index (χ1) is 14.1. The molecule has 1 amide bonds. The highest BCUT2D eigenvalue weighted by molar-refractivity contribution is 7.92. The van der Waals surface area contributed by atoms with Crippen LogP contribution in [0.2, 0.25) is 0 Å². The van der Waals surface area contributed by atoms with Crippen molar-refractivity contribution >= 4 is 15.7 Å². The molecule has 0 unspecified atom stereocenters. The van der Waals surface area contributed by atoms with Crippen LogP contribution >= 0.6 is 0 Å². The second kappa shape index (κ2) is 9.79. The van der Waals surface area contributed by atoms with Crippen molar-refractivity contribution in [2.75, 3.05) is 19.8 Å². The number of rotatable bonds is 9. The molecule has 0 saturated heterocycles. The maximum Gasteiger partial charge on any atom is 0.503 e. The molecule has 1 aromatic heterocycles. The van der Waals surface area contributed by atoms with Gasteiger partial charge in [0.15, 0.2) is 16.5 Å². The molecule has 164 valence electrons. The SMILES string of the molecule is CCOc1ccc(CCNC(=O)c2cccnc2S(=O)(=O)C(F)(F)F)cc1OCC. The minimum absolute atomic E-state index is 0.0543. The molecule has 0 radical (unpaired) electrons. The molecule has 1 N–H and O–H groups in total. The fourth-order valence-corrected chi connectivity index (χ4v) is 3.42. The van der Waals surface area contributed by atoms with Gasteiger partial charge in [-0.05, 0) is 50.1 Å².